The van der Waals surface area contributed by atoms with Gasteiger partial charge in [-0.05, 0) is 113 Å². The van der Waals surface area contributed by atoms with Crippen molar-refractivity contribution in [2.75, 3.05) is 55.9 Å². The molecule has 0 spiro atoms. The smallest absolute Gasteiger partial charge is 0.260 e. The van der Waals surface area contributed by atoms with Gasteiger partial charge < -0.3 is 60.7 Å². The first-order valence-electron chi connectivity index (χ1n) is 31.8. The first-order chi connectivity index (χ1) is 41.1. The Morgan fingerprint density at radius 2 is 0.978 bits per heavy atom. The van der Waals surface area contributed by atoms with Gasteiger partial charge in [-0.15, -0.1) is 0 Å². The molecule has 1 rings (SSSR count). The number of allylic oxidation sites excluding steroid dienone is 3. The zero-order chi connectivity index (χ0) is 69.0. The zero-order valence-corrected chi connectivity index (χ0v) is 59.4. The Labute approximate surface area is 537 Å². The lowest BCUT2D eigenvalue weighted by molar-refractivity contribution is -0.159. The minimum atomic E-state index is -1.86. The van der Waals surface area contributed by atoms with Crippen LogP contribution in [0.5, 0.6) is 0 Å². The molecule has 5 N–H and O–H groups in total. The maximum Gasteiger partial charge on any atom is 0.260 e. The van der Waals surface area contributed by atoms with Gasteiger partial charge in [0.15, 0.2) is 4.87 Å². The van der Waals surface area contributed by atoms with Gasteiger partial charge in [0.2, 0.25) is 59.1 Å². The Balaban J connectivity index is 4.51. The number of likely N-dealkylation sites (N-methyl/N-ethyl adjacent to an activating group) is 7. The zero-order valence-electron chi connectivity index (χ0n) is 58.6. The third-order valence-corrected chi connectivity index (χ3v) is 18.4. The van der Waals surface area contributed by atoms with Crippen molar-refractivity contribution in [3.8, 4) is 0 Å². The topological polar surface area (TPSA) is 279 Å². The highest BCUT2D eigenvalue weighted by Gasteiger charge is 2.54. The predicted molar refractivity (Wildman–Crippen MR) is 350 cm³/mol. The Morgan fingerprint density at radius 3 is 1.44 bits per heavy atom. The first kappa shape index (κ1) is 81.0. The number of aliphatic hydroxyl groups excluding tert-OH is 1. The molecule has 0 aliphatic carbocycles. The fourth-order valence-electron chi connectivity index (χ4n) is 11.0. The molecule has 508 valence electrons. The van der Waals surface area contributed by atoms with Crippen LogP contribution < -0.4 is 21.3 Å². The van der Waals surface area contributed by atoms with Gasteiger partial charge in [-0.2, -0.15) is 0 Å². The highest BCUT2D eigenvalue weighted by atomic mass is 32.2. The predicted octanol–water partition coefficient (Wildman–Crippen LogP) is 4.86. The number of hydrogen-bond acceptors (Lipinski definition) is 13. The number of thioether (sulfide) groups is 1. The van der Waals surface area contributed by atoms with Gasteiger partial charge in [0.05, 0.1) is 12.6 Å². The number of carbonyl (C=O) groups excluding carboxylic acids is 11. The summed E-state index contributed by atoms with van der Waals surface area (Å²) in [6, 6.07) is -11.3. The van der Waals surface area contributed by atoms with Gasteiger partial charge in [0.1, 0.15) is 54.4 Å². The van der Waals surface area contributed by atoms with Gasteiger partial charge in [-0.1, -0.05) is 127 Å². The van der Waals surface area contributed by atoms with E-state index in [2.05, 4.69) is 21.3 Å². The molecule has 0 saturated carbocycles. The van der Waals surface area contributed by atoms with E-state index >= 15 is 19.2 Å². The molecule has 1 heterocycles. The van der Waals surface area contributed by atoms with Crippen molar-refractivity contribution in [3.05, 3.63) is 23.6 Å². The highest BCUT2D eigenvalue weighted by molar-refractivity contribution is 8.04. The molecular weight excluding hydrogens is 1160 g/mol. The second-order valence-electron chi connectivity index (χ2n) is 26.8. The summed E-state index contributed by atoms with van der Waals surface area (Å²) in [6.07, 6.45) is 4.61. The maximum atomic E-state index is 15.9. The van der Waals surface area contributed by atoms with E-state index in [-0.39, 0.29) is 55.8 Å². The molecule has 0 aromatic rings. The van der Waals surface area contributed by atoms with Crippen molar-refractivity contribution in [3.63, 3.8) is 0 Å². The summed E-state index contributed by atoms with van der Waals surface area (Å²) in [5.74, 6) is -10.1. The van der Waals surface area contributed by atoms with Crippen LogP contribution in [0.15, 0.2) is 23.6 Å². The quantitative estimate of drug-likeness (QED) is 0.122. The summed E-state index contributed by atoms with van der Waals surface area (Å²) in [5.41, 5.74) is 0. The monoisotopic (exact) mass is 1270 g/mol. The fraction of sp³-hybridized carbons (Fsp3) is 0.769. The number of nitrogens with zero attached hydrogens (tertiary/aromatic N) is 7. The van der Waals surface area contributed by atoms with Crippen molar-refractivity contribution in [1.82, 2.24) is 55.6 Å². The molecule has 0 aromatic carbocycles. The molecule has 24 heteroatoms. The summed E-state index contributed by atoms with van der Waals surface area (Å²) < 4.78 is 0. The standard InChI is InChI=1S/C65H115N11O12S/c1-26-29-30-43(16)54(78)53-58(82)68-46(28-3)60(84)70(19)36-51(77)71(20)47(32-37(4)5)57(81)69-52(41(12)13)63(87)72(21)48(33-38(6)7)56(80)66-44(17)55(79)67-45(18)59(83)73(22)49(34-39(8)9)61(85)74(23)50(35-40(10)11)62(86)76(25)65(42(14)15,89-31-27-2)64(88)75(53)24/h26-27,29,31,37-50,52-54,78H,28,30,32-36H2,1-25H3,(H,66,80)(H,67,79)(H,68,82)(H,69,81)/b29-26+,31-27+/t43-,44+,45-,46+,47+,48+,49+,50+,52+,53+,54-,65+/m1/s1. The number of hydrogen-bond donors (Lipinski definition) is 5. The van der Waals surface area contributed by atoms with Gasteiger partial charge in [-0.25, -0.2) is 0 Å². The van der Waals surface area contributed by atoms with Crippen LogP contribution in [0.25, 0.3) is 0 Å². The summed E-state index contributed by atoms with van der Waals surface area (Å²) in [7, 11) is 9.96. The van der Waals surface area contributed by atoms with Gasteiger partial charge >= 0.3 is 0 Å². The summed E-state index contributed by atoms with van der Waals surface area (Å²) in [6.45, 7) is 31.1. The summed E-state index contributed by atoms with van der Waals surface area (Å²) >= 11 is 1.01. The van der Waals surface area contributed by atoms with Crippen LogP contribution in [0.4, 0.5) is 0 Å². The lowest BCUT2D eigenvalue weighted by Crippen LogP contribution is -2.67. The molecule has 23 nitrogen and oxygen atoms in total. The molecule has 89 heavy (non-hydrogen) atoms. The van der Waals surface area contributed by atoms with Crippen molar-refractivity contribution >= 4 is 76.7 Å². The summed E-state index contributed by atoms with van der Waals surface area (Å²) in [4.78, 5) is 169. The molecule has 0 unspecified atom stereocenters. The molecule has 12 atom stereocenters. The van der Waals surface area contributed by atoms with Crippen molar-refractivity contribution < 1.29 is 57.8 Å². The number of nitrogens with one attached hydrogen (secondary N) is 4. The normalized spacial score (nSPS) is 27.2. The number of aliphatic hydroxyl groups is 1. The van der Waals surface area contributed by atoms with Crippen LogP contribution in [0.2, 0.25) is 0 Å². The Morgan fingerprint density at radius 1 is 0.528 bits per heavy atom. The van der Waals surface area contributed by atoms with Crippen LogP contribution in [-0.2, 0) is 52.7 Å². The molecule has 0 bridgehead atoms. The minimum Gasteiger partial charge on any atom is -0.390 e. The van der Waals surface area contributed by atoms with E-state index in [9.17, 15) is 38.7 Å². The second-order valence-corrected chi connectivity index (χ2v) is 27.9. The number of amides is 11. The molecule has 1 fully saturated rings. The molecule has 0 aromatic heterocycles. The van der Waals surface area contributed by atoms with E-state index in [4.69, 9.17) is 0 Å². The lowest BCUT2D eigenvalue weighted by Gasteiger charge is -2.48. The average Bonchev–Trinajstić information content (AvgIpc) is 0.791. The Kier molecular flexibility index (Phi) is 33.4. The van der Waals surface area contributed by atoms with E-state index < -0.39 is 155 Å². The molecule has 1 saturated heterocycles. The SMILES string of the molecule is C/C=C/C[C@@H](C)[C@@H](O)[C@H]1C(=O)N[C@@H](CC)C(=O)N(C)CC(=O)N(C)[C@@H](CC(C)C)C(=O)N[C@@H](C(C)C)C(=O)N(C)[C@@H](CC(C)C)C(=O)N[C@@H](C)C(=O)N[C@H](C)C(=O)N(C)[C@@H](CC(C)C)C(=O)N(C)[C@@H](CC(C)C)C(=O)N(C)[C@](S/C=C/C)(C(C)C)C(=O)N1C. The van der Waals surface area contributed by atoms with Gasteiger partial charge in [0.25, 0.3) is 5.91 Å². The maximum absolute atomic E-state index is 15.9. The number of rotatable bonds is 17. The second kappa shape index (κ2) is 36.7. The van der Waals surface area contributed by atoms with Crippen LogP contribution in [0.1, 0.15) is 163 Å². The van der Waals surface area contributed by atoms with Gasteiger partial charge in [-0.3, -0.25) is 52.7 Å². The van der Waals surface area contributed by atoms with Crippen molar-refractivity contribution in [1.29, 1.82) is 0 Å². The highest BCUT2D eigenvalue weighted by Crippen LogP contribution is 2.41. The molecule has 1 aliphatic rings. The molecular formula is C65H115N11O12S. The lowest BCUT2D eigenvalue weighted by atomic mass is 9.91. The molecule has 1 aliphatic heterocycles. The molecule has 0 radical (unpaired) electrons. The Bertz CT molecular complexity index is 2490. The van der Waals surface area contributed by atoms with E-state index in [1.807, 2.05) is 61.5 Å². The third-order valence-electron chi connectivity index (χ3n) is 16.7. The first-order valence-corrected chi connectivity index (χ1v) is 32.7. The van der Waals surface area contributed by atoms with Crippen LogP contribution in [0.3, 0.4) is 0 Å². The van der Waals surface area contributed by atoms with E-state index in [1.54, 1.807) is 72.9 Å². The van der Waals surface area contributed by atoms with E-state index in [0.29, 0.717) is 6.42 Å². The van der Waals surface area contributed by atoms with E-state index in [0.717, 1.165) is 21.6 Å². The largest absolute Gasteiger partial charge is 0.390 e. The minimum absolute atomic E-state index is 0.00745. The van der Waals surface area contributed by atoms with Crippen LogP contribution in [-0.4, -0.2) is 226 Å². The van der Waals surface area contributed by atoms with E-state index in [1.165, 1.54) is 87.7 Å². The number of carbonyl (C=O) groups is 11. The Hall–Kier alpha value is -6.04. The average molecular weight is 1270 g/mol. The van der Waals surface area contributed by atoms with Crippen molar-refractivity contribution in [2.24, 2.45) is 41.4 Å². The summed E-state index contributed by atoms with van der Waals surface area (Å²) in [5, 5.41) is 25.0. The third kappa shape index (κ3) is 21.8. The van der Waals surface area contributed by atoms with Gasteiger partial charge in [0, 0.05) is 49.3 Å². The van der Waals surface area contributed by atoms with Crippen molar-refractivity contribution in [2.45, 2.75) is 229 Å². The van der Waals surface area contributed by atoms with Crippen LogP contribution >= 0.6 is 11.8 Å². The fourth-order valence-corrected chi connectivity index (χ4v) is 12.2. The molecule has 11 amide bonds. The van der Waals surface area contributed by atoms with Crippen LogP contribution in [0, 0.1) is 41.4 Å².